The summed E-state index contributed by atoms with van der Waals surface area (Å²) in [4.78, 5) is 18.9. The number of carbonyl (C=O) groups is 1. The average molecular weight is 335 g/mol. The molecule has 0 aromatic carbocycles. The Morgan fingerprint density at radius 2 is 2.38 bits per heavy atom. The normalized spacial score (nSPS) is 18.5. The van der Waals surface area contributed by atoms with Crippen molar-refractivity contribution in [3.05, 3.63) is 24.2 Å². The number of piperidine rings is 1. The van der Waals surface area contributed by atoms with Crippen molar-refractivity contribution in [1.29, 1.82) is 0 Å². The molecule has 2 heterocycles. The number of rotatable bonds is 7. The fourth-order valence-electron chi connectivity index (χ4n) is 2.86. The zero-order chi connectivity index (χ0) is 17.2. The Labute approximate surface area is 144 Å². The second-order valence-electron chi connectivity index (χ2n) is 6.00. The van der Waals surface area contributed by atoms with Gasteiger partial charge in [-0.25, -0.2) is 0 Å². The van der Waals surface area contributed by atoms with Crippen molar-refractivity contribution in [3.63, 3.8) is 0 Å². The Kier molecular flexibility index (Phi) is 7.65. The number of carbonyl (C=O) groups excluding carboxylic acids is 1. The number of esters is 1. The van der Waals surface area contributed by atoms with Gasteiger partial charge >= 0.3 is 5.97 Å². The van der Waals surface area contributed by atoms with Crippen molar-refractivity contribution < 1.29 is 13.9 Å². The number of likely N-dealkylation sites (tertiary alicyclic amines) is 1. The predicted molar refractivity (Wildman–Crippen MR) is 93.9 cm³/mol. The third kappa shape index (κ3) is 5.58. The Hall–Kier alpha value is -1.98. The number of aliphatic imine (C=N–C) groups is 1. The molecule has 1 unspecified atom stereocenters. The van der Waals surface area contributed by atoms with E-state index in [4.69, 9.17) is 9.15 Å². The fourth-order valence-corrected chi connectivity index (χ4v) is 2.86. The maximum absolute atomic E-state index is 12.0. The molecular weight excluding hydrogens is 306 g/mol. The van der Waals surface area contributed by atoms with Crippen molar-refractivity contribution >= 4 is 11.9 Å². The summed E-state index contributed by atoms with van der Waals surface area (Å²) in [5.41, 5.74) is 0. The Morgan fingerprint density at radius 1 is 1.50 bits per heavy atom. The van der Waals surface area contributed by atoms with Gasteiger partial charge < -0.3 is 19.4 Å². The Balaban J connectivity index is 1.91. The van der Waals surface area contributed by atoms with Gasteiger partial charge in [-0.3, -0.25) is 9.79 Å². The third-order valence-corrected chi connectivity index (χ3v) is 4.06. The number of nitrogens with one attached hydrogen (secondary N) is 1. The lowest BCUT2D eigenvalue weighted by Crippen LogP contribution is -2.48. The number of furan rings is 1. The molecule has 0 radical (unpaired) electrons. The number of hydrogen-bond donors (Lipinski definition) is 1. The highest BCUT2D eigenvalue weighted by Crippen LogP contribution is 2.18. The predicted octanol–water partition coefficient (Wildman–Crippen LogP) is 2.45. The standard InChI is InChI=1S/C18H29N3O3/c1-3-10-19-18(20-11-9-16-8-6-13-24-16)21-12-5-7-15(14-21)17(22)23-4-2/h6,8,13,15H,3-5,7,9-12,14H2,1-2H3,(H,19,20). The van der Waals surface area contributed by atoms with E-state index in [1.165, 1.54) is 0 Å². The van der Waals surface area contributed by atoms with E-state index in [9.17, 15) is 4.79 Å². The van der Waals surface area contributed by atoms with Gasteiger partial charge in [-0.1, -0.05) is 6.92 Å². The van der Waals surface area contributed by atoms with Crippen LogP contribution in [0, 0.1) is 5.92 Å². The summed E-state index contributed by atoms with van der Waals surface area (Å²) in [7, 11) is 0. The molecule has 1 aliphatic rings. The van der Waals surface area contributed by atoms with Gasteiger partial charge in [-0.15, -0.1) is 0 Å². The van der Waals surface area contributed by atoms with E-state index in [1.54, 1.807) is 6.26 Å². The van der Waals surface area contributed by atoms with E-state index in [-0.39, 0.29) is 11.9 Å². The molecular formula is C18H29N3O3. The van der Waals surface area contributed by atoms with Crippen LogP contribution in [0.5, 0.6) is 0 Å². The largest absolute Gasteiger partial charge is 0.469 e. The minimum absolute atomic E-state index is 0.0580. The van der Waals surface area contributed by atoms with Gasteiger partial charge in [-0.2, -0.15) is 0 Å². The van der Waals surface area contributed by atoms with Gasteiger partial charge in [0.05, 0.1) is 18.8 Å². The second kappa shape index (κ2) is 10.0. The highest BCUT2D eigenvalue weighted by molar-refractivity contribution is 5.81. The van der Waals surface area contributed by atoms with Crippen molar-refractivity contribution in [1.82, 2.24) is 10.2 Å². The first-order valence-corrected chi connectivity index (χ1v) is 8.96. The molecule has 24 heavy (non-hydrogen) atoms. The highest BCUT2D eigenvalue weighted by atomic mass is 16.5. The molecule has 0 aliphatic carbocycles. The first-order valence-electron chi connectivity index (χ1n) is 8.96. The Morgan fingerprint density at radius 3 is 3.08 bits per heavy atom. The van der Waals surface area contributed by atoms with Crippen molar-refractivity contribution in [2.45, 2.75) is 39.5 Å². The first-order chi connectivity index (χ1) is 11.7. The van der Waals surface area contributed by atoms with Gasteiger partial charge in [0.15, 0.2) is 5.96 Å². The molecule has 0 spiro atoms. The van der Waals surface area contributed by atoms with Crippen LogP contribution in [0.2, 0.25) is 0 Å². The van der Waals surface area contributed by atoms with Gasteiger partial charge in [0, 0.05) is 32.6 Å². The van der Waals surface area contributed by atoms with Crippen LogP contribution >= 0.6 is 0 Å². The molecule has 1 fully saturated rings. The fraction of sp³-hybridized carbons (Fsp3) is 0.667. The molecule has 6 nitrogen and oxygen atoms in total. The summed E-state index contributed by atoms with van der Waals surface area (Å²) < 4.78 is 10.5. The van der Waals surface area contributed by atoms with Crippen LogP contribution in [-0.2, 0) is 16.0 Å². The lowest BCUT2D eigenvalue weighted by molar-refractivity contribution is -0.149. The van der Waals surface area contributed by atoms with Crippen molar-refractivity contribution in [2.75, 3.05) is 32.8 Å². The van der Waals surface area contributed by atoms with E-state index in [1.807, 2.05) is 19.1 Å². The SMILES string of the molecule is CCCN=C(NCCc1ccco1)N1CCCC(C(=O)OCC)C1. The van der Waals surface area contributed by atoms with E-state index in [2.05, 4.69) is 22.1 Å². The summed E-state index contributed by atoms with van der Waals surface area (Å²) in [6, 6.07) is 3.87. The molecule has 134 valence electrons. The molecule has 0 amide bonds. The van der Waals surface area contributed by atoms with Crippen molar-refractivity contribution in [3.8, 4) is 0 Å². The third-order valence-electron chi connectivity index (χ3n) is 4.06. The molecule has 0 bridgehead atoms. The number of hydrogen-bond acceptors (Lipinski definition) is 4. The van der Waals surface area contributed by atoms with Gasteiger partial charge in [0.1, 0.15) is 5.76 Å². The molecule has 6 heteroatoms. The van der Waals surface area contributed by atoms with Crippen LogP contribution in [0.4, 0.5) is 0 Å². The lowest BCUT2D eigenvalue weighted by Gasteiger charge is -2.34. The summed E-state index contributed by atoms with van der Waals surface area (Å²) in [5.74, 6) is 1.70. The van der Waals surface area contributed by atoms with Gasteiger partial charge in [0.2, 0.25) is 0 Å². The quantitative estimate of drug-likeness (QED) is 0.471. The zero-order valence-corrected chi connectivity index (χ0v) is 14.8. The first kappa shape index (κ1) is 18.4. The topological polar surface area (TPSA) is 67.1 Å². The monoisotopic (exact) mass is 335 g/mol. The minimum Gasteiger partial charge on any atom is -0.469 e. The van der Waals surface area contributed by atoms with Crippen LogP contribution in [0.25, 0.3) is 0 Å². The van der Waals surface area contributed by atoms with Crippen LogP contribution in [-0.4, -0.2) is 49.6 Å². The molecule has 1 atom stereocenters. The molecule has 1 aromatic heterocycles. The average Bonchev–Trinajstić information content (AvgIpc) is 3.11. The van der Waals surface area contributed by atoms with Crippen LogP contribution < -0.4 is 5.32 Å². The van der Waals surface area contributed by atoms with Crippen LogP contribution in [0.1, 0.15) is 38.9 Å². The summed E-state index contributed by atoms with van der Waals surface area (Å²) >= 11 is 0. The van der Waals surface area contributed by atoms with Gasteiger partial charge in [-0.05, 0) is 38.3 Å². The van der Waals surface area contributed by atoms with Crippen LogP contribution in [0.3, 0.4) is 0 Å². The molecule has 1 aromatic rings. The van der Waals surface area contributed by atoms with E-state index >= 15 is 0 Å². The summed E-state index contributed by atoms with van der Waals surface area (Å²) in [5, 5.41) is 3.42. The molecule has 1 saturated heterocycles. The van der Waals surface area contributed by atoms with Crippen LogP contribution in [0.15, 0.2) is 27.8 Å². The highest BCUT2D eigenvalue weighted by Gasteiger charge is 2.28. The molecule has 1 aliphatic heterocycles. The number of ether oxygens (including phenoxy) is 1. The second-order valence-corrected chi connectivity index (χ2v) is 6.00. The molecule has 1 N–H and O–H groups in total. The number of guanidine groups is 1. The van der Waals surface area contributed by atoms with E-state index in [0.29, 0.717) is 13.2 Å². The maximum Gasteiger partial charge on any atom is 0.310 e. The molecule has 0 saturated carbocycles. The van der Waals surface area contributed by atoms with Gasteiger partial charge in [0.25, 0.3) is 0 Å². The van der Waals surface area contributed by atoms with E-state index < -0.39 is 0 Å². The summed E-state index contributed by atoms with van der Waals surface area (Å²) in [6.45, 7) is 7.54. The smallest absolute Gasteiger partial charge is 0.310 e. The summed E-state index contributed by atoms with van der Waals surface area (Å²) in [6.07, 6.45) is 5.37. The van der Waals surface area contributed by atoms with E-state index in [0.717, 1.165) is 57.0 Å². The van der Waals surface area contributed by atoms with Crippen molar-refractivity contribution in [2.24, 2.45) is 10.9 Å². The minimum atomic E-state index is -0.0902. The lowest BCUT2D eigenvalue weighted by atomic mass is 9.98. The zero-order valence-electron chi connectivity index (χ0n) is 14.8. The number of nitrogens with zero attached hydrogens (tertiary/aromatic N) is 2. The Bertz CT molecular complexity index is 514. The molecule has 2 rings (SSSR count). The maximum atomic E-state index is 12.0.